The summed E-state index contributed by atoms with van der Waals surface area (Å²) in [4.78, 5) is 18.0. The average Bonchev–Trinajstić information content (AvgIpc) is 3.04. The van der Waals surface area contributed by atoms with Crippen molar-refractivity contribution in [1.29, 1.82) is 0 Å². The minimum atomic E-state index is -0.485. The Kier molecular flexibility index (Phi) is 3.89. The Morgan fingerprint density at radius 2 is 2.27 bits per heavy atom. The van der Waals surface area contributed by atoms with E-state index in [4.69, 9.17) is 0 Å². The number of hydrogen-bond donors (Lipinski definition) is 1. The van der Waals surface area contributed by atoms with Gasteiger partial charge in [-0.2, -0.15) is 9.49 Å². The SMILES string of the molecule is Cc1nc(F)ccc1CN[C@H]1CCN(c2cnn(C)c2)C1=O. The molecule has 2 aromatic rings. The molecular formula is C15H18FN5O. The van der Waals surface area contributed by atoms with Gasteiger partial charge >= 0.3 is 0 Å². The Bertz CT molecular complexity index is 699. The van der Waals surface area contributed by atoms with E-state index in [9.17, 15) is 9.18 Å². The van der Waals surface area contributed by atoms with Crippen molar-refractivity contribution in [2.24, 2.45) is 7.05 Å². The highest BCUT2D eigenvalue weighted by Crippen LogP contribution is 2.21. The smallest absolute Gasteiger partial charge is 0.244 e. The molecular weight excluding hydrogens is 285 g/mol. The van der Waals surface area contributed by atoms with Crippen LogP contribution in [0.5, 0.6) is 0 Å². The summed E-state index contributed by atoms with van der Waals surface area (Å²) in [7, 11) is 1.82. The van der Waals surface area contributed by atoms with Crippen LogP contribution in [-0.4, -0.2) is 33.3 Å². The van der Waals surface area contributed by atoms with Gasteiger partial charge in [0.15, 0.2) is 0 Å². The van der Waals surface area contributed by atoms with Crippen molar-refractivity contribution in [2.45, 2.75) is 25.9 Å². The number of aryl methyl sites for hydroxylation is 2. The standard InChI is InChI=1S/C15H18FN5O/c1-10-11(3-4-14(16)19-10)7-17-13-5-6-21(15(13)22)12-8-18-20(2)9-12/h3-4,8-9,13,17H,5-7H2,1-2H3/t13-/m0/s1. The predicted molar refractivity (Wildman–Crippen MR) is 79.7 cm³/mol. The molecule has 0 unspecified atom stereocenters. The molecule has 3 heterocycles. The maximum absolute atomic E-state index is 13.0. The molecule has 1 fully saturated rings. The Morgan fingerprint density at radius 1 is 1.45 bits per heavy atom. The monoisotopic (exact) mass is 303 g/mol. The van der Waals surface area contributed by atoms with Crippen molar-refractivity contribution in [2.75, 3.05) is 11.4 Å². The van der Waals surface area contributed by atoms with Gasteiger partial charge in [-0.05, 0) is 25.0 Å². The number of anilines is 1. The third-order valence-electron chi connectivity index (χ3n) is 3.91. The first-order valence-electron chi connectivity index (χ1n) is 7.20. The molecule has 7 heteroatoms. The number of halogens is 1. The maximum atomic E-state index is 13.0. The summed E-state index contributed by atoms with van der Waals surface area (Å²) in [6, 6.07) is 2.80. The van der Waals surface area contributed by atoms with Gasteiger partial charge in [-0.1, -0.05) is 6.07 Å². The molecule has 1 aliphatic rings. The first-order chi connectivity index (χ1) is 10.5. The fourth-order valence-electron chi connectivity index (χ4n) is 2.65. The summed E-state index contributed by atoms with van der Waals surface area (Å²) in [5, 5.41) is 7.33. The molecule has 3 rings (SSSR count). The fraction of sp³-hybridized carbons (Fsp3) is 0.400. The summed E-state index contributed by atoms with van der Waals surface area (Å²) < 4.78 is 14.7. The van der Waals surface area contributed by atoms with Crippen molar-refractivity contribution in [1.82, 2.24) is 20.1 Å². The van der Waals surface area contributed by atoms with E-state index in [2.05, 4.69) is 15.4 Å². The molecule has 2 aromatic heterocycles. The topological polar surface area (TPSA) is 63.1 Å². The number of carbonyl (C=O) groups is 1. The van der Waals surface area contributed by atoms with E-state index < -0.39 is 5.95 Å². The van der Waals surface area contributed by atoms with Crippen LogP contribution in [0.3, 0.4) is 0 Å². The number of pyridine rings is 1. The lowest BCUT2D eigenvalue weighted by molar-refractivity contribution is -0.118. The molecule has 22 heavy (non-hydrogen) atoms. The lowest BCUT2D eigenvalue weighted by Gasteiger charge is -2.15. The van der Waals surface area contributed by atoms with Gasteiger partial charge in [-0.15, -0.1) is 0 Å². The van der Waals surface area contributed by atoms with Crippen LogP contribution in [0.25, 0.3) is 0 Å². The van der Waals surface area contributed by atoms with Crippen LogP contribution < -0.4 is 10.2 Å². The molecule has 0 radical (unpaired) electrons. The van der Waals surface area contributed by atoms with E-state index in [0.29, 0.717) is 18.8 Å². The Balaban J connectivity index is 1.63. The Hall–Kier alpha value is -2.28. The van der Waals surface area contributed by atoms with Crippen molar-refractivity contribution < 1.29 is 9.18 Å². The van der Waals surface area contributed by atoms with E-state index >= 15 is 0 Å². The largest absolute Gasteiger partial charge is 0.308 e. The molecule has 1 N–H and O–H groups in total. The molecule has 1 atom stereocenters. The van der Waals surface area contributed by atoms with Gasteiger partial charge in [0.25, 0.3) is 0 Å². The highest BCUT2D eigenvalue weighted by molar-refractivity contribution is 5.99. The number of amides is 1. The molecule has 1 saturated heterocycles. The quantitative estimate of drug-likeness (QED) is 0.861. The van der Waals surface area contributed by atoms with Crippen LogP contribution in [0.2, 0.25) is 0 Å². The normalized spacial score (nSPS) is 18.2. The number of carbonyl (C=O) groups excluding carboxylic acids is 1. The predicted octanol–water partition coefficient (Wildman–Crippen LogP) is 1.16. The third kappa shape index (κ3) is 2.85. The van der Waals surface area contributed by atoms with Crippen LogP contribution in [0, 0.1) is 12.9 Å². The minimum absolute atomic E-state index is 0.0423. The maximum Gasteiger partial charge on any atom is 0.244 e. The van der Waals surface area contributed by atoms with Gasteiger partial charge in [-0.3, -0.25) is 9.48 Å². The van der Waals surface area contributed by atoms with Gasteiger partial charge in [0.2, 0.25) is 11.9 Å². The molecule has 6 nitrogen and oxygen atoms in total. The average molecular weight is 303 g/mol. The van der Waals surface area contributed by atoms with Gasteiger partial charge in [0.05, 0.1) is 17.9 Å². The number of rotatable bonds is 4. The number of nitrogens with zero attached hydrogens (tertiary/aromatic N) is 4. The van der Waals surface area contributed by atoms with Crippen LogP contribution in [-0.2, 0) is 18.4 Å². The lowest BCUT2D eigenvalue weighted by Crippen LogP contribution is -2.38. The summed E-state index contributed by atoms with van der Waals surface area (Å²) in [5.41, 5.74) is 2.35. The second kappa shape index (κ2) is 5.84. The number of hydrogen-bond acceptors (Lipinski definition) is 4. The molecule has 0 aromatic carbocycles. The van der Waals surface area contributed by atoms with Crippen molar-refractivity contribution in [3.05, 3.63) is 41.7 Å². The van der Waals surface area contributed by atoms with Gasteiger partial charge in [0, 0.05) is 32.0 Å². The third-order valence-corrected chi connectivity index (χ3v) is 3.91. The first-order valence-corrected chi connectivity index (χ1v) is 7.20. The van der Waals surface area contributed by atoms with Crippen molar-refractivity contribution in [3.63, 3.8) is 0 Å². The second-order valence-corrected chi connectivity index (χ2v) is 5.46. The second-order valence-electron chi connectivity index (χ2n) is 5.46. The molecule has 0 saturated carbocycles. The highest BCUT2D eigenvalue weighted by atomic mass is 19.1. The van der Waals surface area contributed by atoms with E-state index in [-0.39, 0.29) is 11.9 Å². The summed E-state index contributed by atoms with van der Waals surface area (Å²) in [5.74, 6) is -0.443. The zero-order valence-corrected chi connectivity index (χ0v) is 12.6. The van der Waals surface area contributed by atoms with Crippen molar-refractivity contribution in [3.8, 4) is 0 Å². The summed E-state index contributed by atoms with van der Waals surface area (Å²) >= 11 is 0. The zero-order chi connectivity index (χ0) is 15.7. The summed E-state index contributed by atoms with van der Waals surface area (Å²) in [6.07, 6.45) is 4.25. The minimum Gasteiger partial charge on any atom is -0.308 e. The van der Waals surface area contributed by atoms with E-state index in [1.54, 1.807) is 28.8 Å². The molecule has 1 amide bonds. The van der Waals surface area contributed by atoms with Gasteiger partial charge in [0.1, 0.15) is 0 Å². The highest BCUT2D eigenvalue weighted by Gasteiger charge is 2.32. The van der Waals surface area contributed by atoms with Gasteiger partial charge in [-0.25, -0.2) is 4.98 Å². The zero-order valence-electron chi connectivity index (χ0n) is 12.6. The van der Waals surface area contributed by atoms with Gasteiger partial charge < -0.3 is 10.2 Å². The number of nitrogens with one attached hydrogen (secondary N) is 1. The lowest BCUT2D eigenvalue weighted by atomic mass is 10.2. The van der Waals surface area contributed by atoms with Crippen LogP contribution in [0.1, 0.15) is 17.7 Å². The molecule has 1 aliphatic heterocycles. The van der Waals surface area contributed by atoms with Crippen LogP contribution in [0.15, 0.2) is 24.5 Å². The molecule has 0 bridgehead atoms. The summed E-state index contributed by atoms with van der Waals surface area (Å²) in [6.45, 7) is 2.93. The van der Waals surface area contributed by atoms with E-state index in [1.165, 1.54) is 6.07 Å². The number of aromatic nitrogens is 3. The van der Waals surface area contributed by atoms with Crippen molar-refractivity contribution >= 4 is 11.6 Å². The Labute approximate surface area is 128 Å². The van der Waals surface area contributed by atoms with Crippen LogP contribution >= 0.6 is 0 Å². The first kappa shape index (κ1) is 14.6. The molecule has 0 spiro atoms. The van der Waals surface area contributed by atoms with Crippen LogP contribution in [0.4, 0.5) is 10.1 Å². The van der Waals surface area contributed by atoms with E-state index in [1.807, 2.05) is 13.2 Å². The fourth-order valence-corrected chi connectivity index (χ4v) is 2.65. The molecule has 0 aliphatic carbocycles. The Morgan fingerprint density at radius 3 is 2.95 bits per heavy atom. The molecule has 116 valence electrons. The van der Waals surface area contributed by atoms with E-state index in [0.717, 1.165) is 17.7 Å².